The summed E-state index contributed by atoms with van der Waals surface area (Å²) >= 11 is 0.777. The molecule has 0 aliphatic carbocycles. The van der Waals surface area contributed by atoms with Crippen LogP contribution in [0, 0.1) is 0 Å². The van der Waals surface area contributed by atoms with Gasteiger partial charge in [0.1, 0.15) is 18.9 Å². The molecule has 29 heavy (non-hydrogen) atoms. The van der Waals surface area contributed by atoms with Crippen molar-refractivity contribution in [1.29, 1.82) is 0 Å². The number of rotatable bonds is 6. The Kier molecular flexibility index (Phi) is 5.13. The minimum absolute atomic E-state index is 0.225. The Morgan fingerprint density at radius 3 is 2.66 bits per heavy atom. The highest BCUT2D eigenvalue weighted by molar-refractivity contribution is 8.18. The van der Waals surface area contributed by atoms with Crippen molar-refractivity contribution in [2.45, 2.75) is 6.61 Å². The first kappa shape index (κ1) is 18.9. The Hall–Kier alpha value is -3.46. The molecule has 0 unspecified atom stereocenters. The van der Waals surface area contributed by atoms with Gasteiger partial charge in [-0.1, -0.05) is 18.2 Å². The molecule has 0 radical (unpaired) electrons. The summed E-state index contributed by atoms with van der Waals surface area (Å²) in [6.45, 7) is 0.167. The fraction of sp³-hybridized carbons (Fsp3) is 0.150. The molecule has 8 nitrogen and oxygen atoms in total. The van der Waals surface area contributed by atoms with E-state index in [4.69, 9.17) is 19.9 Å². The zero-order valence-corrected chi connectivity index (χ0v) is 15.9. The second kappa shape index (κ2) is 7.88. The molecule has 1 saturated heterocycles. The van der Waals surface area contributed by atoms with Gasteiger partial charge in [0.15, 0.2) is 11.5 Å². The van der Waals surface area contributed by atoms with Crippen molar-refractivity contribution in [2.75, 3.05) is 13.3 Å². The van der Waals surface area contributed by atoms with Crippen molar-refractivity contribution < 1.29 is 28.6 Å². The summed E-state index contributed by atoms with van der Waals surface area (Å²) in [4.78, 5) is 36.1. The average molecular weight is 412 g/mol. The summed E-state index contributed by atoms with van der Waals surface area (Å²) in [5.74, 6) is 0.811. The number of nitrogens with two attached hydrogens (primary N) is 1. The van der Waals surface area contributed by atoms with Gasteiger partial charge in [0.2, 0.25) is 12.7 Å². The van der Waals surface area contributed by atoms with E-state index in [1.54, 1.807) is 30.3 Å². The van der Waals surface area contributed by atoms with Gasteiger partial charge in [0, 0.05) is 0 Å². The monoisotopic (exact) mass is 412 g/mol. The highest BCUT2D eigenvalue weighted by Gasteiger charge is 2.35. The lowest BCUT2D eigenvalue weighted by Crippen LogP contribution is -2.36. The molecule has 3 amide bonds. The number of benzene rings is 2. The van der Waals surface area contributed by atoms with Crippen LogP contribution in [0.4, 0.5) is 4.79 Å². The van der Waals surface area contributed by atoms with Crippen LogP contribution in [-0.4, -0.2) is 35.3 Å². The van der Waals surface area contributed by atoms with Gasteiger partial charge in [-0.15, -0.1) is 0 Å². The molecule has 0 spiro atoms. The molecule has 2 N–H and O–H groups in total. The van der Waals surface area contributed by atoms with Crippen LogP contribution in [0.2, 0.25) is 0 Å². The van der Waals surface area contributed by atoms with Gasteiger partial charge in [-0.05, 0) is 53.2 Å². The molecule has 2 aliphatic rings. The molecule has 1 fully saturated rings. The van der Waals surface area contributed by atoms with Gasteiger partial charge in [-0.2, -0.15) is 0 Å². The summed E-state index contributed by atoms with van der Waals surface area (Å²) in [6, 6.07) is 12.7. The molecule has 9 heteroatoms. The number of carbonyl (C=O) groups excluding carboxylic acids is 3. The largest absolute Gasteiger partial charge is 0.489 e. The van der Waals surface area contributed by atoms with Crippen LogP contribution in [0.3, 0.4) is 0 Å². The Bertz CT molecular complexity index is 1020. The Balaban J connectivity index is 1.39. The maximum atomic E-state index is 12.2. The number of amides is 3. The first-order chi connectivity index (χ1) is 14.0. The standard InChI is InChI=1S/C20H16N2O6S/c21-18(23)9-22-19(24)17(29-20(22)25)8-12-1-4-14(5-2-12)26-10-13-3-6-15-16(7-13)28-11-27-15/h1-8H,9-11H2,(H2,21,23)/b17-8-. The van der Waals surface area contributed by atoms with E-state index in [1.165, 1.54) is 0 Å². The number of carbonyl (C=O) groups is 3. The first-order valence-electron chi connectivity index (χ1n) is 8.64. The minimum atomic E-state index is -0.738. The highest BCUT2D eigenvalue weighted by Crippen LogP contribution is 2.33. The maximum absolute atomic E-state index is 12.2. The van der Waals surface area contributed by atoms with E-state index in [0.717, 1.165) is 33.5 Å². The number of thioether (sulfide) groups is 1. The minimum Gasteiger partial charge on any atom is -0.489 e. The van der Waals surface area contributed by atoms with E-state index >= 15 is 0 Å². The van der Waals surface area contributed by atoms with Crippen LogP contribution in [0.25, 0.3) is 6.08 Å². The lowest BCUT2D eigenvalue weighted by Gasteiger charge is -2.08. The fourth-order valence-electron chi connectivity index (χ4n) is 2.80. The van der Waals surface area contributed by atoms with Crippen molar-refractivity contribution in [2.24, 2.45) is 5.73 Å². The highest BCUT2D eigenvalue weighted by atomic mass is 32.2. The number of imide groups is 1. The number of ether oxygens (including phenoxy) is 3. The van der Waals surface area contributed by atoms with E-state index in [1.807, 2.05) is 18.2 Å². The summed E-state index contributed by atoms with van der Waals surface area (Å²) in [5, 5.41) is -0.510. The second-order valence-corrected chi connectivity index (χ2v) is 7.27. The average Bonchev–Trinajstić information content (AvgIpc) is 3.27. The number of hydrogen-bond donors (Lipinski definition) is 1. The predicted molar refractivity (Wildman–Crippen MR) is 105 cm³/mol. The zero-order valence-electron chi connectivity index (χ0n) is 15.1. The third kappa shape index (κ3) is 4.19. The van der Waals surface area contributed by atoms with Crippen LogP contribution in [-0.2, 0) is 16.2 Å². The molecular formula is C20H16N2O6S. The molecule has 148 valence electrons. The number of hydrogen-bond acceptors (Lipinski definition) is 7. The SMILES string of the molecule is NC(=O)CN1C(=O)S/C(=C\c2ccc(OCc3ccc4c(c3)OCO4)cc2)C1=O. The molecule has 0 atom stereocenters. The topological polar surface area (TPSA) is 108 Å². The van der Waals surface area contributed by atoms with Crippen LogP contribution in [0.15, 0.2) is 47.4 Å². The fourth-order valence-corrected chi connectivity index (χ4v) is 3.64. The van der Waals surface area contributed by atoms with Gasteiger partial charge in [0.25, 0.3) is 11.1 Å². The summed E-state index contributed by atoms with van der Waals surface area (Å²) in [5.41, 5.74) is 6.74. The van der Waals surface area contributed by atoms with E-state index in [0.29, 0.717) is 18.1 Å². The molecular weight excluding hydrogens is 396 g/mol. The molecule has 2 aromatic rings. The molecule has 4 rings (SSSR count). The van der Waals surface area contributed by atoms with Gasteiger partial charge in [0.05, 0.1) is 4.91 Å². The van der Waals surface area contributed by atoms with Gasteiger partial charge in [-0.3, -0.25) is 19.3 Å². The number of nitrogens with zero attached hydrogens (tertiary/aromatic N) is 1. The van der Waals surface area contributed by atoms with Gasteiger partial charge < -0.3 is 19.9 Å². The Labute approximate surface area is 170 Å². The van der Waals surface area contributed by atoms with Crippen LogP contribution in [0.5, 0.6) is 17.2 Å². The quantitative estimate of drug-likeness (QED) is 0.726. The predicted octanol–water partition coefficient (Wildman–Crippen LogP) is 2.52. The number of primary amides is 1. The molecule has 2 aliphatic heterocycles. The zero-order chi connectivity index (χ0) is 20.4. The van der Waals surface area contributed by atoms with Gasteiger partial charge >= 0.3 is 0 Å². The summed E-state index contributed by atoms with van der Waals surface area (Å²) < 4.78 is 16.4. The van der Waals surface area contributed by atoms with Crippen LogP contribution in [0.1, 0.15) is 11.1 Å². The van der Waals surface area contributed by atoms with Crippen LogP contribution >= 0.6 is 11.8 Å². The Morgan fingerprint density at radius 1 is 1.14 bits per heavy atom. The third-order valence-corrected chi connectivity index (χ3v) is 5.12. The summed E-state index contributed by atoms with van der Waals surface area (Å²) in [7, 11) is 0. The normalized spacial score (nSPS) is 16.6. The molecule has 0 saturated carbocycles. The van der Waals surface area contributed by atoms with Crippen molar-refractivity contribution >= 4 is 34.9 Å². The van der Waals surface area contributed by atoms with Crippen molar-refractivity contribution in [1.82, 2.24) is 4.90 Å². The van der Waals surface area contributed by atoms with Gasteiger partial charge in [-0.25, -0.2) is 0 Å². The lowest BCUT2D eigenvalue weighted by atomic mass is 10.2. The van der Waals surface area contributed by atoms with E-state index in [-0.39, 0.29) is 11.7 Å². The lowest BCUT2D eigenvalue weighted by molar-refractivity contribution is -0.127. The second-order valence-electron chi connectivity index (χ2n) is 6.28. The third-order valence-electron chi connectivity index (χ3n) is 4.21. The molecule has 0 aromatic heterocycles. The van der Waals surface area contributed by atoms with Crippen molar-refractivity contribution in [3.8, 4) is 17.2 Å². The molecule has 2 heterocycles. The van der Waals surface area contributed by atoms with Crippen molar-refractivity contribution in [3.05, 3.63) is 58.5 Å². The molecule has 0 bridgehead atoms. The maximum Gasteiger partial charge on any atom is 0.294 e. The molecule has 2 aromatic carbocycles. The first-order valence-corrected chi connectivity index (χ1v) is 9.46. The smallest absolute Gasteiger partial charge is 0.294 e. The van der Waals surface area contributed by atoms with Crippen LogP contribution < -0.4 is 19.9 Å². The summed E-state index contributed by atoms with van der Waals surface area (Å²) in [6.07, 6.45) is 1.59. The van der Waals surface area contributed by atoms with E-state index in [9.17, 15) is 14.4 Å². The van der Waals surface area contributed by atoms with E-state index < -0.39 is 23.6 Å². The number of fused-ring (bicyclic) bond motifs is 1. The van der Waals surface area contributed by atoms with E-state index in [2.05, 4.69) is 0 Å². The Morgan fingerprint density at radius 2 is 1.90 bits per heavy atom. The van der Waals surface area contributed by atoms with Crippen molar-refractivity contribution in [3.63, 3.8) is 0 Å².